The number of alkyl halides is 3. The van der Waals surface area contributed by atoms with Gasteiger partial charge in [0.2, 0.25) is 0 Å². The lowest BCUT2D eigenvalue weighted by Crippen LogP contribution is -2.38. The zero-order valence-corrected chi connectivity index (χ0v) is 13.8. The molecule has 0 N–H and O–H groups in total. The third-order valence-electron chi connectivity index (χ3n) is 3.87. The van der Waals surface area contributed by atoms with Crippen LogP contribution in [-0.4, -0.2) is 34.6 Å². The van der Waals surface area contributed by atoms with Crippen molar-refractivity contribution >= 4 is 16.7 Å². The van der Waals surface area contributed by atoms with E-state index >= 15 is 0 Å². The van der Waals surface area contributed by atoms with Gasteiger partial charge < -0.3 is 4.90 Å². The molecular weight excluding hydrogens is 321 g/mol. The number of fused-ring (bicyclic) bond motifs is 1. The minimum absolute atomic E-state index is 0.176. The van der Waals surface area contributed by atoms with E-state index in [1.807, 2.05) is 0 Å². The van der Waals surface area contributed by atoms with E-state index in [1.54, 1.807) is 32.9 Å². The Labute approximate surface area is 137 Å². The average molecular weight is 340 g/mol. The number of carbonyl (C=O) groups is 1. The molecule has 0 aliphatic carbocycles. The number of hydrogen-bond acceptors (Lipinski definition) is 2. The Hall–Kier alpha value is -2.31. The van der Waals surface area contributed by atoms with E-state index in [-0.39, 0.29) is 11.1 Å². The Kier molecular flexibility index (Phi) is 5.01. The first kappa shape index (κ1) is 18.0. The van der Waals surface area contributed by atoms with E-state index in [0.717, 1.165) is 5.56 Å². The van der Waals surface area contributed by atoms with Crippen LogP contribution in [0, 0.1) is 6.92 Å². The van der Waals surface area contributed by atoms with Crippen molar-refractivity contribution in [2.24, 2.45) is 0 Å². The van der Waals surface area contributed by atoms with Gasteiger partial charge in [-0.25, -0.2) is 0 Å². The number of aryl methyl sites for hydroxylation is 1. The normalized spacial score (nSPS) is 11.8. The zero-order chi connectivity index (χ0) is 18.1. The van der Waals surface area contributed by atoms with Gasteiger partial charge in [0.15, 0.2) is 0 Å². The average Bonchev–Trinajstić information content (AvgIpc) is 2.50. The van der Waals surface area contributed by atoms with Crippen LogP contribution in [0.15, 0.2) is 29.1 Å². The number of hydrogen-bond donors (Lipinski definition) is 0. The van der Waals surface area contributed by atoms with Crippen LogP contribution in [0.5, 0.6) is 0 Å². The first-order valence-corrected chi connectivity index (χ1v) is 7.68. The fourth-order valence-electron chi connectivity index (χ4n) is 2.65. The van der Waals surface area contributed by atoms with Gasteiger partial charge in [-0.05, 0) is 38.3 Å². The summed E-state index contributed by atoms with van der Waals surface area (Å²) < 4.78 is 39.3. The van der Waals surface area contributed by atoms with E-state index in [4.69, 9.17) is 0 Å². The maximum Gasteiger partial charge on any atom is 0.406 e. The molecule has 2 aromatic rings. The van der Waals surface area contributed by atoms with Gasteiger partial charge in [-0.1, -0.05) is 17.7 Å². The van der Waals surface area contributed by atoms with Gasteiger partial charge in [0.05, 0.1) is 0 Å². The number of aromatic nitrogens is 1. The highest BCUT2D eigenvalue weighted by molar-refractivity contribution is 5.96. The van der Waals surface area contributed by atoms with Crippen LogP contribution in [-0.2, 0) is 6.54 Å². The highest BCUT2D eigenvalue weighted by Gasteiger charge is 2.31. The van der Waals surface area contributed by atoms with Crippen molar-refractivity contribution in [3.05, 3.63) is 45.9 Å². The van der Waals surface area contributed by atoms with Crippen LogP contribution in [0.3, 0.4) is 0 Å². The summed E-state index contributed by atoms with van der Waals surface area (Å²) in [6, 6.07) is 6.29. The molecule has 0 saturated heterocycles. The SMILES string of the molecule is CCN(CC)C(=O)c1cc2ccc(C)cc2c(=O)n1CC(F)(F)F. The highest BCUT2D eigenvalue weighted by atomic mass is 19.4. The fourth-order valence-corrected chi connectivity index (χ4v) is 2.65. The molecule has 1 aromatic carbocycles. The lowest BCUT2D eigenvalue weighted by molar-refractivity contribution is -0.141. The van der Waals surface area contributed by atoms with E-state index < -0.39 is 24.2 Å². The number of pyridine rings is 1. The smallest absolute Gasteiger partial charge is 0.338 e. The molecule has 2 rings (SSSR count). The van der Waals surface area contributed by atoms with Crippen molar-refractivity contribution in [1.29, 1.82) is 0 Å². The van der Waals surface area contributed by atoms with Crippen molar-refractivity contribution in [3.63, 3.8) is 0 Å². The number of benzene rings is 1. The third kappa shape index (κ3) is 3.60. The molecule has 7 heteroatoms. The van der Waals surface area contributed by atoms with E-state index in [9.17, 15) is 22.8 Å². The van der Waals surface area contributed by atoms with Gasteiger partial charge in [-0.2, -0.15) is 13.2 Å². The summed E-state index contributed by atoms with van der Waals surface area (Å²) in [6.07, 6.45) is -4.60. The van der Waals surface area contributed by atoms with E-state index in [1.165, 1.54) is 17.0 Å². The molecule has 24 heavy (non-hydrogen) atoms. The van der Waals surface area contributed by atoms with Gasteiger partial charge in [-0.3, -0.25) is 14.2 Å². The number of nitrogens with zero attached hydrogens (tertiary/aromatic N) is 2. The summed E-state index contributed by atoms with van der Waals surface area (Å²) in [5.41, 5.74) is -0.276. The number of carbonyl (C=O) groups excluding carboxylic acids is 1. The Morgan fingerprint density at radius 3 is 2.33 bits per heavy atom. The quantitative estimate of drug-likeness (QED) is 0.856. The minimum atomic E-state index is -4.60. The van der Waals surface area contributed by atoms with Crippen LogP contribution in [0.25, 0.3) is 10.8 Å². The molecule has 0 fully saturated rings. The van der Waals surface area contributed by atoms with E-state index in [0.29, 0.717) is 23.0 Å². The number of amides is 1. The second-order valence-corrected chi connectivity index (χ2v) is 5.60. The second-order valence-electron chi connectivity index (χ2n) is 5.60. The summed E-state index contributed by atoms with van der Waals surface area (Å²) in [4.78, 5) is 26.5. The van der Waals surface area contributed by atoms with Gasteiger partial charge in [0.1, 0.15) is 12.2 Å². The van der Waals surface area contributed by atoms with Crippen LogP contribution in [0.1, 0.15) is 29.9 Å². The molecule has 0 saturated carbocycles. The molecule has 0 radical (unpaired) electrons. The molecular formula is C17H19F3N2O2. The largest absolute Gasteiger partial charge is 0.406 e. The summed E-state index contributed by atoms with van der Waals surface area (Å²) in [5.74, 6) is -0.580. The standard InChI is InChI=1S/C17H19F3N2O2/c1-4-21(5-2)16(24)14-9-12-7-6-11(3)8-13(12)15(23)22(14)10-17(18,19)20/h6-9H,4-5,10H2,1-3H3. The first-order valence-electron chi connectivity index (χ1n) is 7.68. The topological polar surface area (TPSA) is 42.3 Å². The van der Waals surface area contributed by atoms with Gasteiger partial charge in [0.25, 0.3) is 11.5 Å². The van der Waals surface area contributed by atoms with Crippen molar-refractivity contribution in [2.45, 2.75) is 33.5 Å². The Balaban J connectivity index is 2.76. The predicted molar refractivity (Wildman–Crippen MR) is 86.3 cm³/mol. The molecule has 1 aromatic heterocycles. The maximum atomic E-state index is 12.9. The molecule has 4 nitrogen and oxygen atoms in total. The molecule has 0 bridgehead atoms. The Bertz CT molecular complexity index is 821. The first-order chi connectivity index (χ1) is 11.2. The van der Waals surface area contributed by atoms with Gasteiger partial charge in [-0.15, -0.1) is 0 Å². The predicted octanol–water partition coefficient (Wildman–Crippen LogP) is 3.35. The lowest BCUT2D eigenvalue weighted by atomic mass is 10.1. The van der Waals surface area contributed by atoms with Crippen LogP contribution in [0.4, 0.5) is 13.2 Å². The number of rotatable bonds is 4. The number of halogens is 3. The second kappa shape index (κ2) is 6.67. The van der Waals surface area contributed by atoms with Crippen molar-refractivity contribution in [1.82, 2.24) is 9.47 Å². The van der Waals surface area contributed by atoms with Gasteiger partial charge in [0, 0.05) is 18.5 Å². The molecule has 0 aliphatic rings. The van der Waals surface area contributed by atoms with E-state index in [2.05, 4.69) is 0 Å². The molecule has 0 spiro atoms. The van der Waals surface area contributed by atoms with Gasteiger partial charge >= 0.3 is 6.18 Å². The minimum Gasteiger partial charge on any atom is -0.338 e. The van der Waals surface area contributed by atoms with Crippen LogP contribution >= 0.6 is 0 Å². The summed E-state index contributed by atoms with van der Waals surface area (Å²) in [5, 5.41) is 0.634. The summed E-state index contributed by atoms with van der Waals surface area (Å²) in [7, 11) is 0. The molecule has 0 unspecified atom stereocenters. The molecule has 0 atom stereocenters. The monoisotopic (exact) mass is 340 g/mol. The zero-order valence-electron chi connectivity index (χ0n) is 13.8. The summed E-state index contributed by atoms with van der Waals surface area (Å²) >= 11 is 0. The van der Waals surface area contributed by atoms with Crippen LogP contribution < -0.4 is 5.56 Å². The Morgan fingerprint density at radius 1 is 1.17 bits per heavy atom. The molecule has 0 aliphatic heterocycles. The highest BCUT2D eigenvalue weighted by Crippen LogP contribution is 2.21. The lowest BCUT2D eigenvalue weighted by Gasteiger charge is -2.22. The van der Waals surface area contributed by atoms with Crippen molar-refractivity contribution in [2.75, 3.05) is 13.1 Å². The van der Waals surface area contributed by atoms with Crippen molar-refractivity contribution < 1.29 is 18.0 Å². The maximum absolute atomic E-state index is 12.9. The van der Waals surface area contributed by atoms with Crippen LogP contribution in [0.2, 0.25) is 0 Å². The third-order valence-corrected chi connectivity index (χ3v) is 3.87. The summed E-state index contributed by atoms with van der Waals surface area (Å²) in [6.45, 7) is 4.43. The Morgan fingerprint density at radius 2 is 1.79 bits per heavy atom. The molecule has 130 valence electrons. The van der Waals surface area contributed by atoms with Crippen molar-refractivity contribution in [3.8, 4) is 0 Å². The molecule has 1 amide bonds. The fraction of sp³-hybridized carbons (Fsp3) is 0.412. The molecule has 1 heterocycles.